The summed E-state index contributed by atoms with van der Waals surface area (Å²) in [7, 11) is -3.54. The molecule has 0 amide bonds. The normalized spacial score (nSPS) is 16.0. The van der Waals surface area contributed by atoms with Crippen LogP contribution in [0.1, 0.15) is 12.1 Å². The van der Waals surface area contributed by atoms with E-state index in [1.807, 2.05) is 12.1 Å². The predicted molar refractivity (Wildman–Crippen MR) is 96.0 cm³/mol. The summed E-state index contributed by atoms with van der Waals surface area (Å²) in [6.07, 6.45) is 6.31. The second kappa shape index (κ2) is 6.18. The van der Waals surface area contributed by atoms with Crippen LogP contribution in [0.15, 0.2) is 40.3 Å². The van der Waals surface area contributed by atoms with Crippen LogP contribution in [0.3, 0.4) is 0 Å². The number of nitrogens with zero attached hydrogens (tertiary/aromatic N) is 5. The Labute approximate surface area is 152 Å². The molecule has 0 radical (unpaired) electrons. The quantitative estimate of drug-likeness (QED) is 0.536. The maximum absolute atomic E-state index is 12.0. The number of pyridine rings is 1. The highest BCUT2D eigenvalue weighted by Gasteiger charge is 2.34. The van der Waals surface area contributed by atoms with E-state index < -0.39 is 10.0 Å². The van der Waals surface area contributed by atoms with E-state index in [-0.39, 0.29) is 36.1 Å². The van der Waals surface area contributed by atoms with Crippen molar-refractivity contribution in [1.29, 1.82) is 0 Å². The third-order valence-corrected chi connectivity index (χ3v) is 5.99. The topological polar surface area (TPSA) is 122 Å². The number of thiazole rings is 1. The molecule has 3 aromatic rings. The van der Waals surface area contributed by atoms with Crippen molar-refractivity contribution in [1.82, 2.24) is 15.0 Å². The van der Waals surface area contributed by atoms with Crippen LogP contribution < -0.4 is 4.31 Å². The molecule has 0 bridgehead atoms. The van der Waals surface area contributed by atoms with Gasteiger partial charge in [0.15, 0.2) is 5.69 Å². The molecule has 0 aliphatic carbocycles. The van der Waals surface area contributed by atoms with Crippen molar-refractivity contribution in [3.05, 3.63) is 36.4 Å². The molecule has 134 valence electrons. The van der Waals surface area contributed by atoms with E-state index in [0.717, 1.165) is 21.1 Å². The van der Waals surface area contributed by atoms with Crippen LogP contribution >= 0.6 is 11.3 Å². The fourth-order valence-electron chi connectivity index (χ4n) is 2.61. The van der Waals surface area contributed by atoms with Gasteiger partial charge in [0.25, 0.3) is 0 Å². The van der Waals surface area contributed by atoms with Crippen LogP contribution in [0.2, 0.25) is 0 Å². The summed E-state index contributed by atoms with van der Waals surface area (Å²) in [6.45, 7) is 0.128. The molecule has 1 aliphatic heterocycles. The van der Waals surface area contributed by atoms with Gasteiger partial charge in [-0.25, -0.2) is 22.7 Å². The van der Waals surface area contributed by atoms with Crippen LogP contribution in [0, 0.1) is 0 Å². The largest absolute Gasteiger partial charge is 0.418 e. The predicted octanol–water partition coefficient (Wildman–Crippen LogP) is 2.21. The van der Waals surface area contributed by atoms with Crippen molar-refractivity contribution in [3.63, 3.8) is 0 Å². The molecule has 0 unspecified atom stereocenters. The summed E-state index contributed by atoms with van der Waals surface area (Å²) in [5, 5.41) is 13.1. The zero-order chi connectivity index (χ0) is 18.3. The van der Waals surface area contributed by atoms with Crippen LogP contribution in [0.4, 0.5) is 5.88 Å². The Morgan fingerprint density at radius 1 is 1.38 bits per heavy atom. The lowest BCUT2D eigenvalue weighted by Gasteiger charge is -2.23. The molecule has 0 spiro atoms. The molecule has 4 rings (SSSR count). The second-order valence-electron chi connectivity index (χ2n) is 5.58. The van der Waals surface area contributed by atoms with E-state index >= 15 is 0 Å². The molecular formula is C15H13N5O4S2. The molecule has 3 aromatic heterocycles. The zero-order valence-corrected chi connectivity index (χ0v) is 15.2. The number of hydrogen-bond donors (Lipinski definition) is 1. The number of oxazole rings is 1. The Morgan fingerprint density at radius 2 is 2.23 bits per heavy atom. The molecule has 26 heavy (non-hydrogen) atoms. The molecular weight excluding hydrogens is 378 g/mol. The summed E-state index contributed by atoms with van der Waals surface area (Å²) in [5.74, 6) is 0.275. The Bertz CT molecular complexity index is 1090. The van der Waals surface area contributed by atoms with Crippen LogP contribution in [-0.2, 0) is 10.0 Å². The molecule has 9 nitrogen and oxygen atoms in total. The van der Waals surface area contributed by atoms with Crippen molar-refractivity contribution in [2.45, 2.75) is 6.42 Å². The minimum Gasteiger partial charge on any atom is -0.418 e. The van der Waals surface area contributed by atoms with Crippen molar-refractivity contribution in [3.8, 4) is 21.3 Å². The highest BCUT2D eigenvalue weighted by Crippen LogP contribution is 2.37. The molecule has 1 aliphatic rings. The maximum Gasteiger partial charge on any atom is 0.241 e. The van der Waals surface area contributed by atoms with Crippen LogP contribution in [0.5, 0.6) is 0 Å². The van der Waals surface area contributed by atoms with Crippen molar-refractivity contribution >= 4 is 33.0 Å². The Hall–Kier alpha value is -2.79. The van der Waals surface area contributed by atoms with Crippen LogP contribution in [0.25, 0.3) is 21.3 Å². The van der Waals surface area contributed by atoms with Gasteiger partial charge in [-0.1, -0.05) is 5.16 Å². The van der Waals surface area contributed by atoms with E-state index in [1.165, 1.54) is 11.3 Å². The summed E-state index contributed by atoms with van der Waals surface area (Å²) < 4.78 is 30.8. The molecule has 0 fully saturated rings. The smallest absolute Gasteiger partial charge is 0.241 e. The number of anilines is 1. The Balaban J connectivity index is 1.78. The van der Waals surface area contributed by atoms with E-state index in [9.17, 15) is 13.6 Å². The van der Waals surface area contributed by atoms with E-state index in [2.05, 4.69) is 20.1 Å². The molecule has 0 saturated carbocycles. The van der Waals surface area contributed by atoms with Gasteiger partial charge >= 0.3 is 0 Å². The van der Waals surface area contributed by atoms with E-state index in [4.69, 9.17) is 4.42 Å². The first-order valence-corrected chi connectivity index (χ1v) is 10.2. The fraction of sp³-hybridized carbons (Fsp3) is 0.200. The summed E-state index contributed by atoms with van der Waals surface area (Å²) in [5.41, 5.74) is 1.36. The number of aromatic nitrogens is 3. The molecule has 11 heteroatoms. The van der Waals surface area contributed by atoms with Crippen molar-refractivity contribution in [2.75, 3.05) is 17.1 Å². The van der Waals surface area contributed by atoms with Gasteiger partial charge in [0, 0.05) is 30.9 Å². The van der Waals surface area contributed by atoms with E-state index in [0.29, 0.717) is 4.88 Å². The van der Waals surface area contributed by atoms with Crippen LogP contribution in [-0.4, -0.2) is 47.1 Å². The number of sulfonamides is 1. The Morgan fingerprint density at radius 3 is 2.92 bits per heavy atom. The monoisotopic (exact) mass is 391 g/mol. The van der Waals surface area contributed by atoms with Crippen molar-refractivity contribution in [2.24, 2.45) is 5.16 Å². The molecule has 0 aromatic carbocycles. The third-order valence-electron chi connectivity index (χ3n) is 3.81. The highest BCUT2D eigenvalue weighted by atomic mass is 32.2. The van der Waals surface area contributed by atoms with E-state index in [1.54, 1.807) is 18.6 Å². The van der Waals surface area contributed by atoms with Gasteiger partial charge in [0.1, 0.15) is 15.6 Å². The van der Waals surface area contributed by atoms with Gasteiger partial charge in [0.2, 0.25) is 21.8 Å². The number of oxime groups is 1. The van der Waals surface area contributed by atoms with Gasteiger partial charge in [-0.2, -0.15) is 0 Å². The standard InChI is InChI=1S/C15H13N5O4S2/c1-26(22,23)20-6-4-10(19-21)12-15(20)24-13(18-12)11-8-17-14(25-11)9-3-2-5-16-7-9/h2-3,5,7-8,21H,4,6H2,1H3/b19-10+. The van der Waals surface area contributed by atoms with Gasteiger partial charge < -0.3 is 9.62 Å². The van der Waals surface area contributed by atoms with Gasteiger partial charge in [-0.3, -0.25) is 4.98 Å². The third kappa shape index (κ3) is 2.84. The molecule has 4 heterocycles. The molecule has 0 atom stereocenters. The lowest BCUT2D eigenvalue weighted by Crippen LogP contribution is -2.36. The minimum atomic E-state index is -3.54. The first kappa shape index (κ1) is 16.7. The number of hydrogen-bond acceptors (Lipinski definition) is 9. The fourth-order valence-corrected chi connectivity index (χ4v) is 4.29. The number of rotatable bonds is 3. The zero-order valence-electron chi connectivity index (χ0n) is 13.5. The summed E-state index contributed by atoms with van der Waals surface area (Å²) in [4.78, 5) is 13.4. The Kier molecular flexibility index (Phi) is 3.96. The lowest BCUT2D eigenvalue weighted by atomic mass is 10.1. The van der Waals surface area contributed by atoms with Gasteiger partial charge in [0.05, 0.1) is 12.5 Å². The summed E-state index contributed by atoms with van der Waals surface area (Å²) in [6, 6.07) is 3.70. The first-order valence-electron chi connectivity index (χ1n) is 7.54. The maximum atomic E-state index is 12.0. The summed E-state index contributed by atoms with van der Waals surface area (Å²) >= 11 is 1.34. The van der Waals surface area contributed by atoms with Crippen molar-refractivity contribution < 1.29 is 18.0 Å². The molecule has 1 N–H and O–H groups in total. The molecule has 0 saturated heterocycles. The highest BCUT2D eigenvalue weighted by molar-refractivity contribution is 7.92. The number of fused-ring (bicyclic) bond motifs is 1. The lowest BCUT2D eigenvalue weighted by molar-refractivity contribution is 0.317. The average Bonchev–Trinajstić information content (AvgIpc) is 3.27. The first-order chi connectivity index (χ1) is 12.5. The minimum absolute atomic E-state index is 0.0536. The van der Waals surface area contributed by atoms with Gasteiger partial charge in [-0.05, 0) is 12.1 Å². The SMILES string of the molecule is CS(=O)(=O)N1CC/C(=N\O)c2nc(-c3cnc(-c4cccnc4)s3)oc21. The van der Waals surface area contributed by atoms with Gasteiger partial charge in [-0.15, -0.1) is 11.3 Å². The average molecular weight is 391 g/mol. The second-order valence-corrected chi connectivity index (χ2v) is 8.51.